The predicted octanol–water partition coefficient (Wildman–Crippen LogP) is 5.39. The summed E-state index contributed by atoms with van der Waals surface area (Å²) in [4.78, 5) is 4.56. The van der Waals surface area contributed by atoms with Crippen molar-refractivity contribution in [2.24, 2.45) is 5.10 Å². The highest BCUT2D eigenvalue weighted by Crippen LogP contribution is 2.26. The second kappa shape index (κ2) is 7.94. The molecule has 0 aliphatic heterocycles. The molecule has 0 aliphatic carbocycles. The van der Waals surface area contributed by atoms with Gasteiger partial charge in [-0.3, -0.25) is 5.43 Å². The molecular formula is C20H21N3OS. The number of ether oxygens (including phenoxy) is 1. The molecular weight excluding hydrogens is 330 g/mol. The Kier molecular flexibility index (Phi) is 5.46. The average Bonchev–Trinajstić information content (AvgIpc) is 3.11. The molecule has 1 N–H and O–H groups in total. The maximum atomic E-state index is 5.18. The average molecular weight is 351 g/mol. The summed E-state index contributed by atoms with van der Waals surface area (Å²) in [6, 6.07) is 16.3. The van der Waals surface area contributed by atoms with E-state index in [1.165, 1.54) is 16.9 Å². The fourth-order valence-electron chi connectivity index (χ4n) is 2.35. The number of hydrazone groups is 1. The molecule has 0 spiro atoms. The zero-order chi connectivity index (χ0) is 17.6. The third-order valence-electron chi connectivity index (χ3n) is 3.87. The highest BCUT2D eigenvalue weighted by Gasteiger charge is 2.04. The van der Waals surface area contributed by atoms with Crippen LogP contribution >= 0.6 is 11.3 Å². The Morgan fingerprint density at radius 1 is 1.08 bits per heavy atom. The molecule has 0 unspecified atom stereocenters. The molecule has 0 saturated carbocycles. The minimum Gasteiger partial charge on any atom is -0.497 e. The molecule has 1 heterocycles. The molecule has 5 heteroatoms. The first-order valence-corrected chi connectivity index (χ1v) is 9.02. The van der Waals surface area contributed by atoms with Gasteiger partial charge >= 0.3 is 0 Å². The molecule has 128 valence electrons. The van der Waals surface area contributed by atoms with Crippen LogP contribution in [0.1, 0.15) is 30.9 Å². The van der Waals surface area contributed by atoms with Crippen molar-refractivity contribution >= 4 is 22.7 Å². The number of aromatic nitrogens is 1. The first kappa shape index (κ1) is 17.2. The van der Waals surface area contributed by atoms with E-state index < -0.39 is 0 Å². The summed E-state index contributed by atoms with van der Waals surface area (Å²) in [5.74, 6) is 1.38. The summed E-state index contributed by atoms with van der Waals surface area (Å²) in [6.45, 7) is 4.38. The third kappa shape index (κ3) is 4.45. The molecule has 25 heavy (non-hydrogen) atoms. The number of benzene rings is 2. The van der Waals surface area contributed by atoms with Gasteiger partial charge in [-0.15, -0.1) is 11.3 Å². The summed E-state index contributed by atoms with van der Waals surface area (Å²) in [7, 11) is 1.66. The maximum absolute atomic E-state index is 5.18. The fourth-order valence-corrected chi connectivity index (χ4v) is 3.02. The van der Waals surface area contributed by atoms with Crippen LogP contribution in [0.2, 0.25) is 0 Å². The third-order valence-corrected chi connectivity index (χ3v) is 4.61. The molecule has 3 rings (SSSR count). The zero-order valence-electron chi connectivity index (χ0n) is 14.6. The molecule has 1 aromatic heterocycles. The Morgan fingerprint density at radius 2 is 1.80 bits per heavy atom. The summed E-state index contributed by atoms with van der Waals surface area (Å²) < 4.78 is 5.18. The van der Waals surface area contributed by atoms with E-state index in [4.69, 9.17) is 4.74 Å². The van der Waals surface area contributed by atoms with Gasteiger partial charge in [0.25, 0.3) is 0 Å². The van der Waals surface area contributed by atoms with E-state index in [9.17, 15) is 0 Å². The zero-order valence-corrected chi connectivity index (χ0v) is 15.4. The predicted molar refractivity (Wildman–Crippen MR) is 106 cm³/mol. The van der Waals surface area contributed by atoms with Gasteiger partial charge in [0.15, 0.2) is 0 Å². The summed E-state index contributed by atoms with van der Waals surface area (Å²) in [6.07, 6.45) is 1.80. The van der Waals surface area contributed by atoms with Gasteiger partial charge < -0.3 is 4.74 Å². The molecule has 0 radical (unpaired) electrons. The Hall–Kier alpha value is -2.66. The lowest BCUT2D eigenvalue weighted by molar-refractivity contribution is 0.415. The normalized spacial score (nSPS) is 11.2. The molecule has 0 amide bonds. The van der Waals surface area contributed by atoms with Crippen LogP contribution in [0.4, 0.5) is 5.13 Å². The van der Waals surface area contributed by atoms with Gasteiger partial charge in [0.2, 0.25) is 5.13 Å². The van der Waals surface area contributed by atoms with Gasteiger partial charge in [-0.05, 0) is 41.3 Å². The number of thiazole rings is 1. The van der Waals surface area contributed by atoms with E-state index in [2.05, 4.69) is 53.6 Å². The minimum absolute atomic E-state index is 0.538. The Morgan fingerprint density at radius 3 is 2.44 bits per heavy atom. The number of nitrogens with one attached hydrogen (secondary N) is 1. The molecule has 4 nitrogen and oxygen atoms in total. The molecule has 0 aliphatic rings. The summed E-state index contributed by atoms with van der Waals surface area (Å²) in [5.41, 5.74) is 7.36. The minimum atomic E-state index is 0.538. The lowest BCUT2D eigenvalue weighted by atomic mass is 10.0. The SMILES string of the molecule is COc1ccc(-c2csc(N/N=C/c3ccc(C(C)C)cc3)n2)cc1. The Labute approximate surface area is 152 Å². The Balaban J connectivity index is 1.62. The van der Waals surface area contributed by atoms with Crippen LogP contribution in [0.5, 0.6) is 5.75 Å². The largest absolute Gasteiger partial charge is 0.497 e. The van der Waals surface area contributed by atoms with E-state index in [0.29, 0.717) is 5.92 Å². The van der Waals surface area contributed by atoms with Crippen LogP contribution in [-0.4, -0.2) is 18.3 Å². The van der Waals surface area contributed by atoms with E-state index in [-0.39, 0.29) is 0 Å². The van der Waals surface area contributed by atoms with E-state index in [0.717, 1.165) is 27.7 Å². The van der Waals surface area contributed by atoms with Crippen LogP contribution in [0.15, 0.2) is 59.0 Å². The fraction of sp³-hybridized carbons (Fsp3) is 0.200. The number of methoxy groups -OCH3 is 1. The smallest absolute Gasteiger partial charge is 0.203 e. The maximum Gasteiger partial charge on any atom is 0.203 e. The second-order valence-electron chi connectivity index (χ2n) is 5.96. The highest BCUT2D eigenvalue weighted by atomic mass is 32.1. The molecule has 3 aromatic rings. The van der Waals surface area contributed by atoms with Crippen molar-refractivity contribution in [2.45, 2.75) is 19.8 Å². The summed E-state index contributed by atoms with van der Waals surface area (Å²) in [5, 5.41) is 7.05. The lowest BCUT2D eigenvalue weighted by Gasteiger charge is -2.04. The molecule has 0 bridgehead atoms. The molecule has 0 atom stereocenters. The van der Waals surface area contributed by atoms with Crippen molar-refractivity contribution in [3.05, 3.63) is 65.0 Å². The van der Waals surface area contributed by atoms with E-state index in [1.807, 2.05) is 29.6 Å². The standard InChI is InChI=1S/C20H21N3OS/c1-14(2)16-6-4-15(5-7-16)12-21-23-20-22-19(13-25-20)17-8-10-18(24-3)11-9-17/h4-14H,1-3H3,(H,22,23)/b21-12+. The van der Waals surface area contributed by atoms with Crippen molar-refractivity contribution < 1.29 is 4.74 Å². The topological polar surface area (TPSA) is 46.5 Å². The van der Waals surface area contributed by atoms with Gasteiger partial charge in [-0.2, -0.15) is 5.10 Å². The van der Waals surface area contributed by atoms with Gasteiger partial charge in [0.1, 0.15) is 5.75 Å². The van der Waals surface area contributed by atoms with E-state index in [1.54, 1.807) is 13.3 Å². The molecule has 0 saturated heterocycles. The van der Waals surface area contributed by atoms with Crippen molar-refractivity contribution in [3.8, 4) is 17.0 Å². The molecule has 2 aromatic carbocycles. The van der Waals surface area contributed by atoms with Crippen LogP contribution in [0, 0.1) is 0 Å². The highest BCUT2D eigenvalue weighted by molar-refractivity contribution is 7.14. The van der Waals surface area contributed by atoms with Crippen LogP contribution in [0.3, 0.4) is 0 Å². The monoisotopic (exact) mass is 351 g/mol. The first-order chi connectivity index (χ1) is 12.2. The Bertz CT molecular complexity index is 836. The first-order valence-electron chi connectivity index (χ1n) is 8.14. The van der Waals surface area contributed by atoms with E-state index >= 15 is 0 Å². The number of anilines is 1. The van der Waals surface area contributed by atoms with Crippen LogP contribution in [0.25, 0.3) is 11.3 Å². The van der Waals surface area contributed by atoms with Crippen molar-refractivity contribution in [3.63, 3.8) is 0 Å². The number of hydrogen-bond acceptors (Lipinski definition) is 5. The van der Waals surface area contributed by atoms with Gasteiger partial charge in [0, 0.05) is 10.9 Å². The van der Waals surface area contributed by atoms with Crippen molar-refractivity contribution in [2.75, 3.05) is 12.5 Å². The van der Waals surface area contributed by atoms with Gasteiger partial charge in [-0.25, -0.2) is 4.98 Å². The summed E-state index contributed by atoms with van der Waals surface area (Å²) >= 11 is 1.53. The second-order valence-corrected chi connectivity index (χ2v) is 6.82. The number of hydrogen-bond donors (Lipinski definition) is 1. The quantitative estimate of drug-likeness (QED) is 0.478. The lowest BCUT2D eigenvalue weighted by Crippen LogP contribution is -1.91. The van der Waals surface area contributed by atoms with Gasteiger partial charge in [-0.1, -0.05) is 38.1 Å². The van der Waals surface area contributed by atoms with Crippen molar-refractivity contribution in [1.29, 1.82) is 0 Å². The molecule has 0 fully saturated rings. The van der Waals surface area contributed by atoms with Crippen molar-refractivity contribution in [1.82, 2.24) is 4.98 Å². The number of rotatable bonds is 6. The van der Waals surface area contributed by atoms with Crippen LogP contribution in [-0.2, 0) is 0 Å². The van der Waals surface area contributed by atoms with Gasteiger partial charge in [0.05, 0.1) is 19.0 Å². The van der Waals surface area contributed by atoms with Crippen LogP contribution < -0.4 is 10.2 Å². The number of nitrogens with zero attached hydrogens (tertiary/aromatic N) is 2.